The van der Waals surface area contributed by atoms with Crippen LogP contribution in [0.4, 0.5) is 0 Å². The second-order valence-corrected chi connectivity index (χ2v) is 5.15. The molecule has 1 aliphatic carbocycles. The van der Waals surface area contributed by atoms with Gasteiger partial charge in [-0.15, -0.1) is 0 Å². The Kier molecular flexibility index (Phi) is 3.14. The number of hydrogen-bond acceptors (Lipinski definition) is 3. The van der Waals surface area contributed by atoms with Crippen LogP contribution >= 0.6 is 0 Å². The number of nitrogens with zero attached hydrogens (tertiary/aromatic N) is 2. The maximum absolute atomic E-state index is 12.2. The van der Waals surface area contributed by atoms with Crippen LogP contribution in [0.3, 0.4) is 0 Å². The molecule has 1 amide bonds. The molecule has 0 bridgehead atoms. The Hall–Kier alpha value is -2.37. The number of fused-ring (bicyclic) bond motifs is 1. The molecule has 2 aromatic rings. The van der Waals surface area contributed by atoms with Gasteiger partial charge in [0.2, 0.25) is 5.56 Å². The van der Waals surface area contributed by atoms with Crippen LogP contribution in [-0.2, 0) is 19.9 Å². The van der Waals surface area contributed by atoms with Crippen molar-refractivity contribution >= 4 is 5.91 Å². The zero-order valence-corrected chi connectivity index (χ0v) is 11.2. The van der Waals surface area contributed by atoms with Crippen molar-refractivity contribution in [3.63, 3.8) is 0 Å². The van der Waals surface area contributed by atoms with Crippen molar-refractivity contribution in [2.24, 2.45) is 7.05 Å². The maximum Gasteiger partial charge on any atom is 0.252 e. The average molecular weight is 272 g/mol. The smallest absolute Gasteiger partial charge is 0.252 e. The summed E-state index contributed by atoms with van der Waals surface area (Å²) in [4.78, 5) is 23.5. The summed E-state index contributed by atoms with van der Waals surface area (Å²) in [6.07, 6.45) is 6.00. The van der Waals surface area contributed by atoms with Crippen LogP contribution in [0.25, 0.3) is 0 Å². The van der Waals surface area contributed by atoms with Gasteiger partial charge in [0.05, 0.1) is 11.8 Å². The molecule has 2 aromatic heterocycles. The van der Waals surface area contributed by atoms with Crippen LogP contribution in [-0.4, -0.2) is 26.7 Å². The molecule has 0 saturated carbocycles. The molecule has 2 heterocycles. The lowest BCUT2D eigenvalue weighted by atomic mass is 9.93. The fourth-order valence-electron chi connectivity index (χ4n) is 2.53. The van der Waals surface area contributed by atoms with Gasteiger partial charge in [-0.25, -0.2) is 0 Å². The molecule has 20 heavy (non-hydrogen) atoms. The van der Waals surface area contributed by atoms with E-state index in [1.807, 2.05) is 6.20 Å². The molecule has 0 fully saturated rings. The van der Waals surface area contributed by atoms with Crippen molar-refractivity contribution in [1.29, 1.82) is 0 Å². The van der Waals surface area contributed by atoms with Gasteiger partial charge in [-0.3, -0.25) is 14.7 Å². The van der Waals surface area contributed by atoms with Gasteiger partial charge in [0.15, 0.2) is 0 Å². The maximum atomic E-state index is 12.2. The molecule has 104 valence electrons. The molecular weight excluding hydrogens is 256 g/mol. The average Bonchev–Trinajstić information content (AvgIpc) is 2.89. The Balaban J connectivity index is 1.70. The third-order valence-corrected chi connectivity index (χ3v) is 3.70. The first-order valence-corrected chi connectivity index (χ1v) is 6.62. The van der Waals surface area contributed by atoms with Gasteiger partial charge >= 0.3 is 0 Å². The molecule has 0 radical (unpaired) electrons. The molecule has 0 aromatic carbocycles. The van der Waals surface area contributed by atoms with E-state index in [-0.39, 0.29) is 17.5 Å². The van der Waals surface area contributed by atoms with Gasteiger partial charge in [0, 0.05) is 37.5 Å². The second kappa shape index (κ2) is 4.96. The van der Waals surface area contributed by atoms with Crippen LogP contribution in [0.5, 0.6) is 0 Å². The normalized spacial score (nSPS) is 17.6. The van der Waals surface area contributed by atoms with Crippen molar-refractivity contribution in [3.05, 3.63) is 51.7 Å². The lowest BCUT2D eigenvalue weighted by Crippen LogP contribution is -2.39. The van der Waals surface area contributed by atoms with E-state index >= 15 is 0 Å². The van der Waals surface area contributed by atoms with Crippen LogP contribution in [0.15, 0.2) is 29.3 Å². The predicted octanol–water partition coefficient (Wildman–Crippen LogP) is 0.396. The fourth-order valence-corrected chi connectivity index (χ4v) is 2.53. The summed E-state index contributed by atoms with van der Waals surface area (Å²) < 4.78 is 1.41. The first kappa shape index (κ1) is 12.7. The molecule has 1 atom stereocenters. The summed E-state index contributed by atoms with van der Waals surface area (Å²) in [5, 5.41) is 10.0. The van der Waals surface area contributed by atoms with Crippen LogP contribution < -0.4 is 10.9 Å². The molecular formula is C14H16N4O2. The number of hydrogen-bond donors (Lipinski definition) is 2. The summed E-state index contributed by atoms with van der Waals surface area (Å²) in [6.45, 7) is 0. The Bertz CT molecular complexity index is 701. The lowest BCUT2D eigenvalue weighted by Gasteiger charge is -2.22. The van der Waals surface area contributed by atoms with E-state index in [2.05, 4.69) is 15.5 Å². The highest BCUT2D eigenvalue weighted by molar-refractivity contribution is 5.94. The topological polar surface area (TPSA) is 79.8 Å². The van der Waals surface area contributed by atoms with Crippen molar-refractivity contribution in [3.8, 4) is 0 Å². The van der Waals surface area contributed by atoms with Crippen LogP contribution in [0, 0.1) is 0 Å². The van der Waals surface area contributed by atoms with Crippen molar-refractivity contribution < 1.29 is 4.79 Å². The Morgan fingerprint density at radius 1 is 1.50 bits per heavy atom. The Morgan fingerprint density at radius 2 is 2.35 bits per heavy atom. The van der Waals surface area contributed by atoms with Gasteiger partial charge in [-0.05, 0) is 24.5 Å². The monoisotopic (exact) mass is 272 g/mol. The van der Waals surface area contributed by atoms with E-state index in [1.165, 1.54) is 16.2 Å². The van der Waals surface area contributed by atoms with E-state index < -0.39 is 0 Å². The number of aromatic amines is 1. The molecule has 0 spiro atoms. The zero-order valence-electron chi connectivity index (χ0n) is 11.2. The lowest BCUT2D eigenvalue weighted by molar-refractivity contribution is 0.0932. The van der Waals surface area contributed by atoms with E-state index in [9.17, 15) is 9.59 Å². The summed E-state index contributed by atoms with van der Waals surface area (Å²) in [7, 11) is 1.64. The minimum atomic E-state index is -0.145. The molecule has 6 nitrogen and oxygen atoms in total. The molecule has 3 rings (SSSR count). The van der Waals surface area contributed by atoms with Gasteiger partial charge in [0.25, 0.3) is 5.91 Å². The number of rotatable bonds is 2. The van der Waals surface area contributed by atoms with Crippen molar-refractivity contribution in [2.75, 3.05) is 0 Å². The number of amides is 1. The second-order valence-electron chi connectivity index (χ2n) is 5.15. The highest BCUT2D eigenvalue weighted by Crippen LogP contribution is 2.19. The number of pyridine rings is 1. The first-order chi connectivity index (χ1) is 9.63. The number of carbonyl (C=O) groups is 1. The van der Waals surface area contributed by atoms with Gasteiger partial charge in [-0.2, -0.15) is 5.10 Å². The van der Waals surface area contributed by atoms with Gasteiger partial charge in [-0.1, -0.05) is 0 Å². The van der Waals surface area contributed by atoms with E-state index in [0.717, 1.165) is 25.0 Å². The first-order valence-electron chi connectivity index (χ1n) is 6.62. The standard InChI is InChI=1S/C14H16N4O2/c1-18-8-10(3-5-13(18)19)14(20)16-11-4-2-9-7-15-17-12(9)6-11/h3,5,7-8,11H,2,4,6H2,1H3,(H,15,17)(H,16,20). The Labute approximate surface area is 115 Å². The molecule has 6 heteroatoms. The summed E-state index contributed by atoms with van der Waals surface area (Å²) >= 11 is 0. The molecule has 1 unspecified atom stereocenters. The molecule has 1 aliphatic rings. The molecule has 2 N–H and O–H groups in total. The molecule has 0 aliphatic heterocycles. The van der Waals surface area contributed by atoms with Crippen molar-refractivity contribution in [2.45, 2.75) is 25.3 Å². The largest absolute Gasteiger partial charge is 0.349 e. The number of aromatic nitrogens is 3. The fraction of sp³-hybridized carbons (Fsp3) is 0.357. The SMILES string of the molecule is Cn1cc(C(=O)NC2CCc3cn[nH]c3C2)ccc1=O. The summed E-state index contributed by atoms with van der Waals surface area (Å²) in [5.74, 6) is -0.145. The quantitative estimate of drug-likeness (QED) is 0.830. The van der Waals surface area contributed by atoms with E-state index in [1.54, 1.807) is 19.3 Å². The number of aryl methyl sites for hydroxylation is 2. The van der Waals surface area contributed by atoms with Crippen LogP contribution in [0.2, 0.25) is 0 Å². The van der Waals surface area contributed by atoms with Crippen LogP contribution in [0.1, 0.15) is 28.0 Å². The minimum Gasteiger partial charge on any atom is -0.349 e. The predicted molar refractivity (Wildman–Crippen MR) is 73.5 cm³/mol. The van der Waals surface area contributed by atoms with E-state index in [0.29, 0.717) is 5.56 Å². The summed E-state index contributed by atoms with van der Waals surface area (Å²) in [5.41, 5.74) is 2.71. The number of H-pyrrole nitrogens is 1. The Morgan fingerprint density at radius 3 is 3.15 bits per heavy atom. The zero-order chi connectivity index (χ0) is 14.1. The highest BCUT2D eigenvalue weighted by atomic mass is 16.2. The molecule has 0 saturated heterocycles. The third kappa shape index (κ3) is 2.36. The van der Waals surface area contributed by atoms with E-state index in [4.69, 9.17) is 0 Å². The summed E-state index contributed by atoms with van der Waals surface area (Å²) in [6, 6.07) is 3.07. The number of carbonyl (C=O) groups excluding carboxylic acids is 1. The highest BCUT2D eigenvalue weighted by Gasteiger charge is 2.22. The van der Waals surface area contributed by atoms with Gasteiger partial charge in [0.1, 0.15) is 0 Å². The van der Waals surface area contributed by atoms with Gasteiger partial charge < -0.3 is 9.88 Å². The minimum absolute atomic E-state index is 0.104. The number of nitrogens with one attached hydrogen (secondary N) is 2. The van der Waals surface area contributed by atoms with Crippen molar-refractivity contribution in [1.82, 2.24) is 20.1 Å². The third-order valence-electron chi connectivity index (χ3n) is 3.70.